The molecule has 0 saturated heterocycles. The Morgan fingerprint density at radius 2 is 1.89 bits per heavy atom. The lowest BCUT2D eigenvalue weighted by Crippen LogP contribution is -2.00. The van der Waals surface area contributed by atoms with Crippen LogP contribution >= 0.6 is 23.2 Å². The average Bonchev–Trinajstić information content (AvgIpc) is 2.41. The summed E-state index contributed by atoms with van der Waals surface area (Å²) in [5.74, 6) is 0.839. The van der Waals surface area contributed by atoms with E-state index < -0.39 is 0 Å². The molecule has 0 aliphatic rings. The predicted octanol–water partition coefficient (Wildman–Crippen LogP) is 4.61. The number of anilines is 1. The summed E-state index contributed by atoms with van der Waals surface area (Å²) >= 11 is 12.1. The van der Waals surface area contributed by atoms with Gasteiger partial charge >= 0.3 is 0 Å². The van der Waals surface area contributed by atoms with E-state index in [1.165, 1.54) is 0 Å². The van der Waals surface area contributed by atoms with E-state index in [4.69, 9.17) is 27.9 Å². The standard InChI is InChI=1S/C14H13Cl2NO/c1-18-11-5-2-4-10(8-11)9-17-13-7-3-6-12(15)14(13)16/h2-8,17H,9H2,1H3. The van der Waals surface area contributed by atoms with Crippen LogP contribution in [0.2, 0.25) is 10.0 Å². The molecule has 1 N–H and O–H groups in total. The summed E-state index contributed by atoms with van der Waals surface area (Å²) in [5.41, 5.74) is 1.94. The summed E-state index contributed by atoms with van der Waals surface area (Å²) < 4.78 is 5.17. The zero-order chi connectivity index (χ0) is 13.0. The van der Waals surface area contributed by atoms with Crippen molar-refractivity contribution in [3.8, 4) is 5.75 Å². The quantitative estimate of drug-likeness (QED) is 0.883. The molecule has 94 valence electrons. The van der Waals surface area contributed by atoms with Gasteiger partial charge in [0, 0.05) is 6.54 Å². The Bertz CT molecular complexity index is 543. The Kier molecular flexibility index (Phi) is 4.34. The lowest BCUT2D eigenvalue weighted by atomic mass is 10.2. The number of benzene rings is 2. The molecule has 0 radical (unpaired) electrons. The fourth-order valence-electron chi connectivity index (χ4n) is 1.62. The summed E-state index contributed by atoms with van der Waals surface area (Å²) in [6, 6.07) is 13.4. The smallest absolute Gasteiger partial charge is 0.119 e. The third-order valence-electron chi connectivity index (χ3n) is 2.57. The van der Waals surface area contributed by atoms with E-state index in [0.29, 0.717) is 16.6 Å². The van der Waals surface area contributed by atoms with Gasteiger partial charge in [-0.1, -0.05) is 41.4 Å². The molecule has 0 unspecified atom stereocenters. The maximum Gasteiger partial charge on any atom is 0.119 e. The third-order valence-corrected chi connectivity index (χ3v) is 3.39. The molecule has 0 spiro atoms. The lowest BCUT2D eigenvalue weighted by molar-refractivity contribution is 0.414. The number of halogens is 2. The minimum absolute atomic E-state index is 0.544. The van der Waals surface area contributed by atoms with Crippen molar-refractivity contribution in [2.75, 3.05) is 12.4 Å². The van der Waals surface area contributed by atoms with Crippen molar-refractivity contribution in [3.05, 3.63) is 58.1 Å². The molecule has 0 aliphatic carbocycles. The topological polar surface area (TPSA) is 21.3 Å². The first-order valence-electron chi connectivity index (χ1n) is 5.51. The molecular weight excluding hydrogens is 269 g/mol. The van der Waals surface area contributed by atoms with Crippen molar-refractivity contribution in [1.29, 1.82) is 0 Å². The Morgan fingerprint density at radius 1 is 1.11 bits per heavy atom. The number of rotatable bonds is 4. The first-order valence-corrected chi connectivity index (χ1v) is 6.27. The van der Waals surface area contributed by atoms with E-state index in [-0.39, 0.29) is 0 Å². The van der Waals surface area contributed by atoms with Crippen LogP contribution in [0.25, 0.3) is 0 Å². The minimum Gasteiger partial charge on any atom is -0.497 e. The van der Waals surface area contributed by atoms with Gasteiger partial charge in [-0.05, 0) is 29.8 Å². The van der Waals surface area contributed by atoms with Crippen LogP contribution in [-0.2, 0) is 6.54 Å². The maximum atomic E-state index is 6.10. The molecule has 0 saturated carbocycles. The van der Waals surface area contributed by atoms with Crippen molar-refractivity contribution in [2.45, 2.75) is 6.54 Å². The fraction of sp³-hybridized carbons (Fsp3) is 0.143. The second-order valence-electron chi connectivity index (χ2n) is 3.81. The third kappa shape index (κ3) is 3.09. The molecule has 0 heterocycles. The highest BCUT2D eigenvalue weighted by molar-refractivity contribution is 6.43. The highest BCUT2D eigenvalue weighted by atomic mass is 35.5. The van der Waals surface area contributed by atoms with Gasteiger partial charge in [0.1, 0.15) is 5.75 Å². The summed E-state index contributed by atoms with van der Waals surface area (Å²) in [5, 5.41) is 4.34. The van der Waals surface area contributed by atoms with E-state index in [9.17, 15) is 0 Å². The normalized spacial score (nSPS) is 10.2. The Labute approximate surface area is 116 Å². The molecule has 0 fully saturated rings. The molecule has 2 rings (SSSR count). The van der Waals surface area contributed by atoms with Crippen LogP contribution in [0, 0.1) is 0 Å². The van der Waals surface area contributed by atoms with E-state index in [0.717, 1.165) is 17.0 Å². The van der Waals surface area contributed by atoms with Gasteiger partial charge in [0.2, 0.25) is 0 Å². The van der Waals surface area contributed by atoms with Crippen LogP contribution in [0.3, 0.4) is 0 Å². The van der Waals surface area contributed by atoms with Crippen molar-refractivity contribution in [2.24, 2.45) is 0 Å². The summed E-state index contributed by atoms with van der Waals surface area (Å²) in [7, 11) is 1.65. The van der Waals surface area contributed by atoms with Crippen LogP contribution < -0.4 is 10.1 Å². The molecular formula is C14H13Cl2NO. The molecule has 0 aliphatic heterocycles. The Balaban J connectivity index is 2.09. The second kappa shape index (κ2) is 5.98. The number of nitrogens with one attached hydrogen (secondary N) is 1. The Hall–Kier alpha value is -1.38. The number of ether oxygens (including phenoxy) is 1. The molecule has 2 nitrogen and oxygen atoms in total. The van der Waals surface area contributed by atoms with E-state index >= 15 is 0 Å². The minimum atomic E-state index is 0.544. The highest BCUT2D eigenvalue weighted by Crippen LogP contribution is 2.29. The first kappa shape index (κ1) is 13.1. The van der Waals surface area contributed by atoms with Gasteiger partial charge in [0.15, 0.2) is 0 Å². The monoisotopic (exact) mass is 281 g/mol. The first-order chi connectivity index (χ1) is 8.70. The van der Waals surface area contributed by atoms with Gasteiger partial charge in [-0.3, -0.25) is 0 Å². The molecule has 0 bridgehead atoms. The van der Waals surface area contributed by atoms with Gasteiger partial charge in [-0.25, -0.2) is 0 Å². The van der Waals surface area contributed by atoms with E-state index in [1.54, 1.807) is 13.2 Å². The predicted molar refractivity (Wildman–Crippen MR) is 76.8 cm³/mol. The van der Waals surface area contributed by atoms with Crippen molar-refractivity contribution in [1.82, 2.24) is 0 Å². The van der Waals surface area contributed by atoms with Crippen LogP contribution in [-0.4, -0.2) is 7.11 Å². The highest BCUT2D eigenvalue weighted by Gasteiger charge is 2.03. The van der Waals surface area contributed by atoms with Gasteiger partial charge in [0.05, 0.1) is 22.8 Å². The molecule has 0 atom stereocenters. The van der Waals surface area contributed by atoms with Crippen LogP contribution in [0.5, 0.6) is 5.75 Å². The van der Waals surface area contributed by atoms with Gasteiger partial charge in [-0.15, -0.1) is 0 Å². The van der Waals surface area contributed by atoms with Gasteiger partial charge in [-0.2, -0.15) is 0 Å². The lowest BCUT2D eigenvalue weighted by Gasteiger charge is -2.10. The zero-order valence-electron chi connectivity index (χ0n) is 9.91. The van der Waals surface area contributed by atoms with Crippen molar-refractivity contribution in [3.63, 3.8) is 0 Å². The molecule has 2 aromatic carbocycles. The van der Waals surface area contributed by atoms with Crippen LogP contribution in [0.4, 0.5) is 5.69 Å². The SMILES string of the molecule is COc1cccc(CNc2cccc(Cl)c2Cl)c1. The molecule has 2 aromatic rings. The van der Waals surface area contributed by atoms with Gasteiger partial charge < -0.3 is 10.1 Å². The largest absolute Gasteiger partial charge is 0.497 e. The average molecular weight is 282 g/mol. The van der Waals surface area contributed by atoms with Crippen molar-refractivity contribution < 1.29 is 4.74 Å². The molecule has 0 aromatic heterocycles. The van der Waals surface area contributed by atoms with Crippen LogP contribution in [0.15, 0.2) is 42.5 Å². The van der Waals surface area contributed by atoms with E-state index in [1.807, 2.05) is 36.4 Å². The Morgan fingerprint density at radius 3 is 2.67 bits per heavy atom. The second-order valence-corrected chi connectivity index (χ2v) is 4.59. The van der Waals surface area contributed by atoms with Crippen molar-refractivity contribution >= 4 is 28.9 Å². The summed E-state index contributed by atoms with van der Waals surface area (Å²) in [4.78, 5) is 0. The molecule has 0 amide bonds. The number of hydrogen-bond acceptors (Lipinski definition) is 2. The number of hydrogen-bond donors (Lipinski definition) is 1. The zero-order valence-corrected chi connectivity index (χ0v) is 11.4. The molecule has 4 heteroatoms. The van der Waals surface area contributed by atoms with Crippen LogP contribution in [0.1, 0.15) is 5.56 Å². The van der Waals surface area contributed by atoms with E-state index in [2.05, 4.69) is 5.32 Å². The summed E-state index contributed by atoms with van der Waals surface area (Å²) in [6.07, 6.45) is 0. The fourth-order valence-corrected chi connectivity index (χ4v) is 1.99. The molecule has 18 heavy (non-hydrogen) atoms. The maximum absolute atomic E-state index is 6.10. The van der Waals surface area contributed by atoms with Gasteiger partial charge in [0.25, 0.3) is 0 Å². The number of methoxy groups -OCH3 is 1. The summed E-state index contributed by atoms with van der Waals surface area (Å²) in [6.45, 7) is 0.664.